The monoisotopic (exact) mass is 259 g/mol. The highest BCUT2D eigenvalue weighted by Crippen LogP contribution is 2.17. The Morgan fingerprint density at radius 2 is 1.84 bits per heavy atom. The SMILES string of the molecule is O=C(O)c1ncccc1OCc1ccc(CO)cc1. The van der Waals surface area contributed by atoms with E-state index in [0.717, 1.165) is 11.1 Å². The van der Waals surface area contributed by atoms with E-state index in [4.69, 9.17) is 14.9 Å². The van der Waals surface area contributed by atoms with Crippen LogP contribution in [0.25, 0.3) is 0 Å². The lowest BCUT2D eigenvalue weighted by Gasteiger charge is -2.08. The Balaban J connectivity index is 2.07. The van der Waals surface area contributed by atoms with E-state index in [1.54, 1.807) is 24.3 Å². The number of ether oxygens (including phenoxy) is 1. The summed E-state index contributed by atoms with van der Waals surface area (Å²) < 4.78 is 5.45. The predicted molar refractivity (Wildman–Crippen MR) is 67.9 cm³/mol. The van der Waals surface area contributed by atoms with Gasteiger partial charge in [0.1, 0.15) is 6.61 Å². The van der Waals surface area contributed by atoms with Crippen molar-refractivity contribution in [2.75, 3.05) is 0 Å². The van der Waals surface area contributed by atoms with Gasteiger partial charge in [0, 0.05) is 6.20 Å². The third kappa shape index (κ3) is 3.29. The molecule has 0 unspecified atom stereocenters. The Hall–Kier alpha value is -2.40. The number of nitrogens with zero attached hydrogens (tertiary/aromatic N) is 1. The molecular formula is C14H13NO4. The molecule has 5 nitrogen and oxygen atoms in total. The van der Waals surface area contributed by atoms with Crippen molar-refractivity contribution >= 4 is 5.97 Å². The Morgan fingerprint density at radius 1 is 1.16 bits per heavy atom. The van der Waals surface area contributed by atoms with Gasteiger partial charge in [-0.3, -0.25) is 0 Å². The first kappa shape index (κ1) is 13.0. The maximum absolute atomic E-state index is 10.9. The van der Waals surface area contributed by atoms with Crippen LogP contribution >= 0.6 is 0 Å². The second-order valence-corrected chi connectivity index (χ2v) is 3.92. The highest BCUT2D eigenvalue weighted by Gasteiger charge is 2.11. The highest BCUT2D eigenvalue weighted by atomic mass is 16.5. The van der Waals surface area contributed by atoms with Gasteiger partial charge >= 0.3 is 5.97 Å². The van der Waals surface area contributed by atoms with Crippen LogP contribution in [0.5, 0.6) is 5.75 Å². The van der Waals surface area contributed by atoms with Crippen LogP contribution in [0.15, 0.2) is 42.6 Å². The van der Waals surface area contributed by atoms with E-state index < -0.39 is 5.97 Å². The fourth-order valence-corrected chi connectivity index (χ4v) is 1.57. The van der Waals surface area contributed by atoms with Gasteiger partial charge in [0.15, 0.2) is 11.4 Å². The quantitative estimate of drug-likeness (QED) is 0.856. The lowest BCUT2D eigenvalue weighted by molar-refractivity contribution is 0.0685. The molecule has 19 heavy (non-hydrogen) atoms. The van der Waals surface area contributed by atoms with Gasteiger partial charge in [-0.2, -0.15) is 0 Å². The van der Waals surface area contributed by atoms with E-state index in [2.05, 4.69) is 4.98 Å². The molecule has 98 valence electrons. The van der Waals surface area contributed by atoms with Crippen LogP contribution in [0.1, 0.15) is 21.6 Å². The average Bonchev–Trinajstić information content (AvgIpc) is 2.46. The first-order valence-electron chi connectivity index (χ1n) is 5.70. The number of aromatic carboxylic acids is 1. The molecule has 2 rings (SSSR count). The highest BCUT2D eigenvalue weighted by molar-refractivity contribution is 5.88. The van der Waals surface area contributed by atoms with E-state index in [1.165, 1.54) is 6.20 Å². The van der Waals surface area contributed by atoms with Crippen LogP contribution in [0, 0.1) is 0 Å². The number of pyridine rings is 1. The molecule has 0 spiro atoms. The lowest BCUT2D eigenvalue weighted by atomic mass is 10.1. The van der Waals surface area contributed by atoms with E-state index in [0.29, 0.717) is 0 Å². The van der Waals surface area contributed by atoms with Crippen molar-refractivity contribution < 1.29 is 19.7 Å². The minimum absolute atomic E-state index is 0.00704. The van der Waals surface area contributed by atoms with Crippen molar-refractivity contribution in [1.29, 1.82) is 0 Å². The summed E-state index contributed by atoms with van der Waals surface area (Å²) in [5.41, 5.74) is 1.60. The maximum Gasteiger partial charge on any atom is 0.358 e. The van der Waals surface area contributed by atoms with Gasteiger partial charge in [-0.1, -0.05) is 24.3 Å². The first-order chi connectivity index (χ1) is 9.20. The van der Waals surface area contributed by atoms with Crippen molar-refractivity contribution in [3.63, 3.8) is 0 Å². The van der Waals surface area contributed by atoms with Crippen molar-refractivity contribution in [2.45, 2.75) is 13.2 Å². The summed E-state index contributed by atoms with van der Waals surface area (Å²) in [7, 11) is 0. The van der Waals surface area contributed by atoms with Crippen molar-refractivity contribution in [1.82, 2.24) is 4.98 Å². The van der Waals surface area contributed by atoms with Gasteiger partial charge in [0.05, 0.1) is 6.61 Å². The number of carboxylic acid groups (broad SMARTS) is 1. The Morgan fingerprint density at radius 3 is 2.47 bits per heavy atom. The molecule has 0 aliphatic rings. The molecule has 2 N–H and O–H groups in total. The molecule has 0 atom stereocenters. The van der Waals surface area contributed by atoms with Gasteiger partial charge in [-0.25, -0.2) is 9.78 Å². The molecular weight excluding hydrogens is 246 g/mol. The third-order valence-electron chi connectivity index (χ3n) is 2.57. The topological polar surface area (TPSA) is 79.7 Å². The zero-order chi connectivity index (χ0) is 13.7. The number of benzene rings is 1. The van der Waals surface area contributed by atoms with Crippen LogP contribution in [0.2, 0.25) is 0 Å². The van der Waals surface area contributed by atoms with Crippen LogP contribution < -0.4 is 4.74 Å². The summed E-state index contributed by atoms with van der Waals surface area (Å²) in [4.78, 5) is 14.7. The summed E-state index contributed by atoms with van der Waals surface area (Å²) in [5.74, 6) is -0.882. The van der Waals surface area contributed by atoms with Crippen LogP contribution in [0.3, 0.4) is 0 Å². The van der Waals surface area contributed by atoms with Gasteiger partial charge in [0.25, 0.3) is 0 Å². The summed E-state index contributed by atoms with van der Waals surface area (Å²) in [5, 5.41) is 17.9. The average molecular weight is 259 g/mol. The molecule has 0 saturated heterocycles. The fraction of sp³-hybridized carbons (Fsp3) is 0.143. The normalized spacial score (nSPS) is 10.2. The minimum Gasteiger partial charge on any atom is -0.486 e. The molecule has 5 heteroatoms. The van der Waals surface area contributed by atoms with Crippen LogP contribution in [-0.4, -0.2) is 21.2 Å². The number of aliphatic hydroxyl groups is 1. The summed E-state index contributed by atoms with van der Waals surface area (Å²) in [6.07, 6.45) is 1.41. The van der Waals surface area contributed by atoms with Gasteiger partial charge in [0.2, 0.25) is 0 Å². The minimum atomic E-state index is -1.12. The van der Waals surface area contributed by atoms with Crippen LogP contribution in [0.4, 0.5) is 0 Å². The second kappa shape index (κ2) is 5.97. The molecule has 0 bridgehead atoms. The van der Waals surface area contributed by atoms with Crippen molar-refractivity contribution in [3.8, 4) is 5.75 Å². The molecule has 0 fully saturated rings. The number of carboxylic acids is 1. The molecule has 0 radical (unpaired) electrons. The zero-order valence-electron chi connectivity index (χ0n) is 10.1. The number of carbonyl (C=O) groups is 1. The molecule has 0 amide bonds. The second-order valence-electron chi connectivity index (χ2n) is 3.92. The standard InChI is InChI=1S/C14H13NO4/c16-8-10-3-5-11(6-4-10)9-19-12-2-1-7-15-13(12)14(17)18/h1-7,16H,8-9H2,(H,17,18). The molecule has 1 heterocycles. The van der Waals surface area contributed by atoms with Gasteiger partial charge in [-0.15, -0.1) is 0 Å². The molecule has 1 aromatic carbocycles. The molecule has 2 aromatic rings. The van der Waals surface area contributed by atoms with E-state index >= 15 is 0 Å². The predicted octanol–water partition coefficient (Wildman–Crippen LogP) is 1.85. The van der Waals surface area contributed by atoms with Crippen LogP contribution in [-0.2, 0) is 13.2 Å². The molecule has 0 saturated carbocycles. The van der Waals surface area contributed by atoms with Gasteiger partial charge < -0.3 is 14.9 Å². The number of aliphatic hydroxyl groups excluding tert-OH is 1. The number of hydrogen-bond donors (Lipinski definition) is 2. The third-order valence-corrected chi connectivity index (χ3v) is 2.57. The zero-order valence-corrected chi connectivity index (χ0v) is 10.1. The van der Waals surface area contributed by atoms with Crippen molar-refractivity contribution in [2.24, 2.45) is 0 Å². The largest absolute Gasteiger partial charge is 0.486 e. The lowest BCUT2D eigenvalue weighted by Crippen LogP contribution is -2.05. The Bertz CT molecular complexity index is 566. The number of rotatable bonds is 5. The van der Waals surface area contributed by atoms with E-state index in [-0.39, 0.29) is 24.7 Å². The Kier molecular flexibility index (Phi) is 4.10. The molecule has 1 aromatic heterocycles. The maximum atomic E-state index is 10.9. The molecule has 0 aliphatic heterocycles. The summed E-state index contributed by atoms with van der Waals surface area (Å²) >= 11 is 0. The number of hydrogen-bond acceptors (Lipinski definition) is 4. The summed E-state index contributed by atoms with van der Waals surface area (Å²) in [6.45, 7) is 0.241. The van der Waals surface area contributed by atoms with Gasteiger partial charge in [-0.05, 0) is 23.3 Å². The number of aromatic nitrogens is 1. The van der Waals surface area contributed by atoms with E-state index in [9.17, 15) is 4.79 Å². The smallest absolute Gasteiger partial charge is 0.358 e. The fourth-order valence-electron chi connectivity index (χ4n) is 1.57. The van der Waals surface area contributed by atoms with E-state index in [1.807, 2.05) is 12.1 Å². The molecule has 0 aliphatic carbocycles. The Labute approximate surface area is 110 Å². The first-order valence-corrected chi connectivity index (χ1v) is 5.70. The van der Waals surface area contributed by atoms with Crippen molar-refractivity contribution in [3.05, 3.63) is 59.4 Å². The summed E-state index contributed by atoms with van der Waals surface area (Å²) in [6, 6.07) is 10.4.